The molecule has 24 heavy (non-hydrogen) atoms. The van der Waals surface area contributed by atoms with Gasteiger partial charge in [-0.05, 0) is 61.3 Å². The Morgan fingerprint density at radius 1 is 1.17 bits per heavy atom. The van der Waals surface area contributed by atoms with Gasteiger partial charge in [0, 0.05) is 18.1 Å². The molecule has 0 spiro atoms. The van der Waals surface area contributed by atoms with Crippen LogP contribution < -0.4 is 10.5 Å². The van der Waals surface area contributed by atoms with E-state index in [4.69, 9.17) is 22.1 Å². The quantitative estimate of drug-likeness (QED) is 0.882. The minimum Gasteiger partial charge on any atom is -0.457 e. The van der Waals surface area contributed by atoms with E-state index in [1.165, 1.54) is 4.31 Å². The molecule has 2 aromatic rings. The standard InChI is InChI=1S/C17H19ClN2O3S/c18-14-2-1-3-16(10-14)23-15-4-6-17(7-5-15)24(21,22)20-9-8-13(11-19)12-20/h1-7,10,13H,8-9,11-12,19H2. The Labute approximate surface area is 147 Å². The molecule has 1 aliphatic rings. The summed E-state index contributed by atoms with van der Waals surface area (Å²) in [4.78, 5) is 0.263. The lowest BCUT2D eigenvalue weighted by atomic mass is 10.1. The lowest BCUT2D eigenvalue weighted by Crippen LogP contribution is -2.29. The van der Waals surface area contributed by atoms with Gasteiger partial charge in [0.15, 0.2) is 0 Å². The van der Waals surface area contributed by atoms with Gasteiger partial charge in [-0.25, -0.2) is 8.42 Å². The summed E-state index contributed by atoms with van der Waals surface area (Å²) in [6, 6.07) is 13.4. The Hall–Kier alpha value is -1.60. The van der Waals surface area contributed by atoms with Crippen LogP contribution in [0.5, 0.6) is 11.5 Å². The van der Waals surface area contributed by atoms with E-state index in [1.54, 1.807) is 48.5 Å². The molecule has 7 heteroatoms. The highest BCUT2D eigenvalue weighted by atomic mass is 35.5. The van der Waals surface area contributed by atoms with E-state index in [-0.39, 0.29) is 10.8 Å². The molecule has 1 heterocycles. The van der Waals surface area contributed by atoms with Gasteiger partial charge < -0.3 is 10.5 Å². The Kier molecular flexibility index (Phi) is 5.10. The van der Waals surface area contributed by atoms with Crippen LogP contribution in [0.25, 0.3) is 0 Å². The summed E-state index contributed by atoms with van der Waals surface area (Å²) in [5, 5.41) is 0.579. The SMILES string of the molecule is NCC1CCN(S(=O)(=O)c2ccc(Oc3cccc(Cl)c3)cc2)C1. The maximum absolute atomic E-state index is 12.6. The predicted octanol–water partition coefficient (Wildman–Crippen LogP) is 3.10. The van der Waals surface area contributed by atoms with Crippen molar-refractivity contribution in [1.82, 2.24) is 4.31 Å². The van der Waals surface area contributed by atoms with E-state index < -0.39 is 10.0 Å². The van der Waals surface area contributed by atoms with Crippen LogP contribution in [0.1, 0.15) is 6.42 Å². The molecule has 128 valence electrons. The second-order valence-electron chi connectivity index (χ2n) is 5.78. The zero-order chi connectivity index (χ0) is 17.2. The normalized spacial score (nSPS) is 18.7. The van der Waals surface area contributed by atoms with Crippen molar-refractivity contribution >= 4 is 21.6 Å². The second-order valence-corrected chi connectivity index (χ2v) is 8.16. The largest absolute Gasteiger partial charge is 0.457 e. The fourth-order valence-corrected chi connectivity index (χ4v) is 4.41. The van der Waals surface area contributed by atoms with Crippen molar-refractivity contribution in [2.24, 2.45) is 11.7 Å². The number of hydrogen-bond donors (Lipinski definition) is 1. The van der Waals surface area contributed by atoms with Crippen molar-refractivity contribution in [1.29, 1.82) is 0 Å². The lowest BCUT2D eigenvalue weighted by Gasteiger charge is -2.16. The van der Waals surface area contributed by atoms with Gasteiger partial charge in [0.05, 0.1) is 4.90 Å². The van der Waals surface area contributed by atoms with Crippen LogP contribution in [0.2, 0.25) is 5.02 Å². The van der Waals surface area contributed by atoms with Gasteiger partial charge in [0.1, 0.15) is 11.5 Å². The average molecular weight is 367 g/mol. The van der Waals surface area contributed by atoms with Crippen molar-refractivity contribution < 1.29 is 13.2 Å². The topological polar surface area (TPSA) is 72.6 Å². The zero-order valence-corrected chi connectivity index (χ0v) is 14.6. The first-order valence-electron chi connectivity index (χ1n) is 7.73. The van der Waals surface area contributed by atoms with Crippen LogP contribution in [0.15, 0.2) is 53.4 Å². The number of halogens is 1. The van der Waals surface area contributed by atoms with E-state index in [1.807, 2.05) is 0 Å². The van der Waals surface area contributed by atoms with Crippen LogP contribution >= 0.6 is 11.6 Å². The van der Waals surface area contributed by atoms with Gasteiger partial charge in [-0.3, -0.25) is 0 Å². The summed E-state index contributed by atoms with van der Waals surface area (Å²) in [5.74, 6) is 1.39. The number of nitrogens with two attached hydrogens (primary N) is 1. The molecule has 0 saturated carbocycles. The smallest absolute Gasteiger partial charge is 0.243 e. The van der Waals surface area contributed by atoms with Gasteiger partial charge >= 0.3 is 0 Å². The predicted molar refractivity (Wildman–Crippen MR) is 93.9 cm³/mol. The summed E-state index contributed by atoms with van der Waals surface area (Å²) in [6.45, 7) is 1.52. The molecule has 1 fully saturated rings. The summed E-state index contributed by atoms with van der Waals surface area (Å²) >= 11 is 5.92. The molecule has 3 rings (SSSR count). The minimum atomic E-state index is -3.48. The average Bonchev–Trinajstić information content (AvgIpc) is 3.05. The highest BCUT2D eigenvalue weighted by Crippen LogP contribution is 2.28. The highest BCUT2D eigenvalue weighted by molar-refractivity contribution is 7.89. The molecule has 1 atom stereocenters. The molecule has 1 saturated heterocycles. The lowest BCUT2D eigenvalue weighted by molar-refractivity contribution is 0.458. The Balaban J connectivity index is 1.74. The van der Waals surface area contributed by atoms with Crippen molar-refractivity contribution in [3.63, 3.8) is 0 Å². The van der Waals surface area contributed by atoms with Crippen molar-refractivity contribution in [2.75, 3.05) is 19.6 Å². The van der Waals surface area contributed by atoms with Gasteiger partial charge in [-0.15, -0.1) is 0 Å². The van der Waals surface area contributed by atoms with Crippen molar-refractivity contribution in [3.05, 3.63) is 53.6 Å². The van der Waals surface area contributed by atoms with Crippen molar-refractivity contribution in [3.8, 4) is 11.5 Å². The van der Waals surface area contributed by atoms with Crippen LogP contribution in [-0.4, -0.2) is 32.4 Å². The van der Waals surface area contributed by atoms with Gasteiger partial charge in [-0.1, -0.05) is 17.7 Å². The summed E-state index contributed by atoms with van der Waals surface area (Å²) < 4.78 is 32.4. The van der Waals surface area contributed by atoms with E-state index in [0.717, 1.165) is 6.42 Å². The van der Waals surface area contributed by atoms with Crippen LogP contribution in [-0.2, 0) is 10.0 Å². The molecule has 0 aromatic heterocycles. The van der Waals surface area contributed by atoms with Crippen molar-refractivity contribution in [2.45, 2.75) is 11.3 Å². The third kappa shape index (κ3) is 3.72. The molecule has 0 bridgehead atoms. The number of ether oxygens (including phenoxy) is 1. The number of rotatable bonds is 5. The molecular formula is C17H19ClN2O3S. The molecule has 2 N–H and O–H groups in total. The zero-order valence-electron chi connectivity index (χ0n) is 13.1. The Morgan fingerprint density at radius 2 is 1.92 bits per heavy atom. The summed E-state index contributed by atoms with van der Waals surface area (Å²) in [6.07, 6.45) is 0.811. The van der Waals surface area contributed by atoms with E-state index in [9.17, 15) is 8.42 Å². The molecule has 5 nitrogen and oxygen atoms in total. The van der Waals surface area contributed by atoms with Crippen LogP contribution in [0.3, 0.4) is 0 Å². The first-order chi connectivity index (χ1) is 11.5. The third-order valence-corrected chi connectivity index (χ3v) is 6.19. The molecule has 0 aliphatic carbocycles. The summed E-state index contributed by atoms with van der Waals surface area (Å²) in [5.41, 5.74) is 5.63. The highest BCUT2D eigenvalue weighted by Gasteiger charge is 2.31. The molecule has 1 unspecified atom stereocenters. The number of nitrogens with zero attached hydrogens (tertiary/aromatic N) is 1. The minimum absolute atomic E-state index is 0.241. The van der Waals surface area contributed by atoms with Gasteiger partial charge in [-0.2, -0.15) is 4.31 Å². The molecule has 0 amide bonds. The maximum atomic E-state index is 12.6. The number of hydrogen-bond acceptors (Lipinski definition) is 4. The maximum Gasteiger partial charge on any atom is 0.243 e. The van der Waals surface area contributed by atoms with Gasteiger partial charge in [0.2, 0.25) is 10.0 Å². The first kappa shape index (κ1) is 17.2. The van der Waals surface area contributed by atoms with Gasteiger partial charge in [0.25, 0.3) is 0 Å². The molecule has 2 aromatic carbocycles. The monoisotopic (exact) mass is 366 g/mol. The molecular weight excluding hydrogens is 348 g/mol. The first-order valence-corrected chi connectivity index (χ1v) is 9.54. The summed E-state index contributed by atoms with van der Waals surface area (Å²) in [7, 11) is -3.48. The number of sulfonamides is 1. The Bertz CT molecular complexity index is 809. The fraction of sp³-hybridized carbons (Fsp3) is 0.294. The number of benzene rings is 2. The Morgan fingerprint density at radius 3 is 2.54 bits per heavy atom. The third-order valence-electron chi connectivity index (χ3n) is 4.08. The van der Waals surface area contributed by atoms with Crippen LogP contribution in [0.4, 0.5) is 0 Å². The van der Waals surface area contributed by atoms with E-state index >= 15 is 0 Å². The molecule has 0 radical (unpaired) electrons. The van der Waals surface area contributed by atoms with Crippen LogP contribution in [0, 0.1) is 5.92 Å². The molecule has 1 aliphatic heterocycles. The van der Waals surface area contributed by atoms with E-state index in [2.05, 4.69) is 0 Å². The second kappa shape index (κ2) is 7.11. The fourth-order valence-electron chi connectivity index (χ4n) is 2.70. The van der Waals surface area contributed by atoms with E-state index in [0.29, 0.717) is 36.2 Å².